The molecular weight excluding hydrogens is 150 g/mol. The van der Waals surface area contributed by atoms with Gasteiger partial charge in [-0.05, 0) is 18.9 Å². The second-order valence-electron chi connectivity index (χ2n) is 2.78. The minimum Gasteiger partial charge on any atom is -0.490 e. The molecule has 0 bridgehead atoms. The molecule has 2 heteroatoms. The van der Waals surface area contributed by atoms with Gasteiger partial charge in [0.1, 0.15) is 12.4 Å². The van der Waals surface area contributed by atoms with E-state index in [-0.39, 0.29) is 0 Å². The monoisotopic (exact) mass is 167 g/mol. The van der Waals surface area contributed by atoms with Crippen molar-refractivity contribution in [1.82, 2.24) is 5.32 Å². The van der Waals surface area contributed by atoms with Crippen molar-refractivity contribution in [2.75, 3.05) is 13.2 Å². The Morgan fingerprint density at radius 1 is 1.50 bits per heavy atom. The highest BCUT2D eigenvalue weighted by Crippen LogP contribution is 2.12. The highest BCUT2D eigenvalue weighted by atomic mass is 16.5. The van der Waals surface area contributed by atoms with Crippen LogP contribution in [0, 0.1) is 0 Å². The lowest BCUT2D eigenvalue weighted by atomic mass is 10.2. The summed E-state index contributed by atoms with van der Waals surface area (Å²) in [6.45, 7) is 5.98. The summed E-state index contributed by atoms with van der Waals surface area (Å²) in [4.78, 5) is 0. The molecule has 1 N–H and O–H groups in total. The Morgan fingerprint density at radius 2 is 2.33 bits per heavy atom. The van der Waals surface area contributed by atoms with Crippen molar-refractivity contribution in [2.24, 2.45) is 0 Å². The molecule has 1 aliphatic rings. The van der Waals surface area contributed by atoms with Crippen LogP contribution in [0.25, 0.3) is 0 Å². The molecule has 0 saturated carbocycles. The largest absolute Gasteiger partial charge is 0.490 e. The van der Waals surface area contributed by atoms with Crippen LogP contribution in [0.15, 0.2) is 23.6 Å². The van der Waals surface area contributed by atoms with E-state index in [2.05, 4.69) is 31.3 Å². The summed E-state index contributed by atoms with van der Waals surface area (Å²) in [6, 6.07) is 0. The Hall–Kier alpha value is -0.920. The lowest BCUT2D eigenvalue weighted by Crippen LogP contribution is -2.25. The molecule has 0 amide bonds. The van der Waals surface area contributed by atoms with Gasteiger partial charge in [-0.15, -0.1) is 0 Å². The van der Waals surface area contributed by atoms with Crippen molar-refractivity contribution in [2.45, 2.75) is 26.7 Å². The normalized spacial score (nSPS) is 17.8. The molecule has 1 aliphatic heterocycles. The molecule has 0 atom stereocenters. The second-order valence-corrected chi connectivity index (χ2v) is 2.78. The fraction of sp³-hybridized carbons (Fsp3) is 0.600. The summed E-state index contributed by atoms with van der Waals surface area (Å²) in [7, 11) is 0. The van der Waals surface area contributed by atoms with Gasteiger partial charge in [0.15, 0.2) is 0 Å². The Morgan fingerprint density at radius 3 is 3.00 bits per heavy atom. The minimum atomic E-state index is 0.785. The summed E-state index contributed by atoms with van der Waals surface area (Å²) >= 11 is 0. The first-order valence-electron chi connectivity index (χ1n) is 4.64. The van der Waals surface area contributed by atoms with Crippen molar-refractivity contribution in [3.05, 3.63) is 23.6 Å². The summed E-state index contributed by atoms with van der Waals surface area (Å²) in [5.74, 6) is 1.02. The van der Waals surface area contributed by atoms with E-state index in [4.69, 9.17) is 4.74 Å². The van der Waals surface area contributed by atoms with Crippen LogP contribution in [0.4, 0.5) is 0 Å². The van der Waals surface area contributed by atoms with Gasteiger partial charge in [0.05, 0.1) is 5.70 Å². The van der Waals surface area contributed by atoms with Gasteiger partial charge in [0, 0.05) is 6.54 Å². The van der Waals surface area contributed by atoms with Crippen LogP contribution in [0.1, 0.15) is 26.7 Å². The number of allylic oxidation sites excluding steroid dienone is 3. The van der Waals surface area contributed by atoms with Crippen LogP contribution >= 0.6 is 0 Å². The molecule has 0 radical (unpaired) electrons. The molecule has 0 aromatic heterocycles. The predicted octanol–water partition coefficient (Wildman–Crippen LogP) is 2.19. The first-order chi connectivity index (χ1) is 5.88. The van der Waals surface area contributed by atoms with E-state index < -0.39 is 0 Å². The molecule has 0 spiro atoms. The smallest absolute Gasteiger partial charge is 0.137 e. The van der Waals surface area contributed by atoms with Gasteiger partial charge >= 0.3 is 0 Å². The van der Waals surface area contributed by atoms with Crippen LogP contribution in [0.2, 0.25) is 0 Å². The first-order valence-corrected chi connectivity index (χ1v) is 4.64. The van der Waals surface area contributed by atoms with Crippen LogP contribution in [0.3, 0.4) is 0 Å². The highest BCUT2D eigenvalue weighted by Gasteiger charge is 2.07. The number of hydrogen-bond acceptors (Lipinski definition) is 2. The van der Waals surface area contributed by atoms with Gasteiger partial charge in [-0.3, -0.25) is 0 Å². The zero-order valence-electron chi connectivity index (χ0n) is 7.89. The lowest BCUT2D eigenvalue weighted by molar-refractivity contribution is 0.202. The van der Waals surface area contributed by atoms with E-state index >= 15 is 0 Å². The van der Waals surface area contributed by atoms with E-state index in [1.807, 2.05) is 0 Å². The fourth-order valence-corrected chi connectivity index (χ4v) is 1.21. The van der Waals surface area contributed by atoms with Gasteiger partial charge < -0.3 is 10.1 Å². The van der Waals surface area contributed by atoms with Gasteiger partial charge in [0.25, 0.3) is 0 Å². The van der Waals surface area contributed by atoms with Gasteiger partial charge in [0.2, 0.25) is 0 Å². The molecule has 0 unspecified atom stereocenters. The quantitative estimate of drug-likeness (QED) is 0.695. The molecule has 1 heterocycles. The molecule has 0 aromatic rings. The minimum absolute atomic E-state index is 0.785. The van der Waals surface area contributed by atoms with Crippen LogP contribution < -0.4 is 5.32 Å². The standard InChI is InChI=1S/C10H17NO/c1-3-5-6-10-9(4-2)11-7-8-12-10/h5-6,11H,3-4,7-8H2,1-2H3/b6-5-. The van der Waals surface area contributed by atoms with Crippen LogP contribution in [0.5, 0.6) is 0 Å². The molecule has 68 valence electrons. The molecular formula is C10H17NO. The number of nitrogens with one attached hydrogen (secondary N) is 1. The number of rotatable bonds is 3. The van der Waals surface area contributed by atoms with Gasteiger partial charge in [-0.25, -0.2) is 0 Å². The molecule has 12 heavy (non-hydrogen) atoms. The summed E-state index contributed by atoms with van der Waals surface area (Å²) in [6.07, 6.45) is 6.26. The van der Waals surface area contributed by atoms with Crippen molar-refractivity contribution < 1.29 is 4.74 Å². The SMILES string of the molecule is CC/C=C\C1=C(CC)NCCO1. The van der Waals surface area contributed by atoms with Crippen molar-refractivity contribution in [3.63, 3.8) is 0 Å². The summed E-state index contributed by atoms with van der Waals surface area (Å²) in [5.41, 5.74) is 1.23. The highest BCUT2D eigenvalue weighted by molar-refractivity contribution is 5.20. The Kier molecular flexibility index (Phi) is 3.71. The summed E-state index contributed by atoms with van der Waals surface area (Å²) in [5, 5.41) is 3.33. The maximum absolute atomic E-state index is 5.51. The van der Waals surface area contributed by atoms with Gasteiger partial charge in [-0.2, -0.15) is 0 Å². The zero-order chi connectivity index (χ0) is 8.81. The third-order valence-electron chi connectivity index (χ3n) is 1.85. The Balaban J connectivity index is 2.66. The second kappa shape index (κ2) is 4.86. The van der Waals surface area contributed by atoms with Crippen molar-refractivity contribution >= 4 is 0 Å². The maximum Gasteiger partial charge on any atom is 0.137 e. The first kappa shape index (κ1) is 9.17. The molecule has 0 saturated heterocycles. The van der Waals surface area contributed by atoms with E-state index in [1.165, 1.54) is 5.70 Å². The molecule has 1 rings (SSSR count). The molecule has 0 aliphatic carbocycles. The predicted molar refractivity (Wildman–Crippen MR) is 50.7 cm³/mol. The van der Waals surface area contributed by atoms with E-state index in [9.17, 15) is 0 Å². The lowest BCUT2D eigenvalue weighted by Gasteiger charge is -2.20. The van der Waals surface area contributed by atoms with Crippen LogP contribution in [-0.2, 0) is 4.74 Å². The van der Waals surface area contributed by atoms with Gasteiger partial charge in [-0.1, -0.05) is 19.9 Å². The zero-order valence-corrected chi connectivity index (χ0v) is 7.89. The Labute approximate surface area is 74.3 Å². The average Bonchev–Trinajstić information content (AvgIpc) is 2.15. The maximum atomic E-state index is 5.51. The summed E-state index contributed by atoms with van der Waals surface area (Å²) < 4.78 is 5.51. The molecule has 2 nitrogen and oxygen atoms in total. The molecule has 0 fully saturated rings. The molecule has 0 aromatic carbocycles. The fourth-order valence-electron chi connectivity index (χ4n) is 1.21. The van der Waals surface area contributed by atoms with E-state index in [1.54, 1.807) is 0 Å². The van der Waals surface area contributed by atoms with Crippen LogP contribution in [-0.4, -0.2) is 13.2 Å². The van der Waals surface area contributed by atoms with Crippen molar-refractivity contribution in [1.29, 1.82) is 0 Å². The van der Waals surface area contributed by atoms with Crippen molar-refractivity contribution in [3.8, 4) is 0 Å². The third kappa shape index (κ3) is 2.29. The average molecular weight is 167 g/mol. The Bertz CT molecular complexity index is 194. The van der Waals surface area contributed by atoms with E-state index in [0.717, 1.165) is 31.8 Å². The van der Waals surface area contributed by atoms with E-state index in [0.29, 0.717) is 0 Å². The third-order valence-corrected chi connectivity index (χ3v) is 1.85. The topological polar surface area (TPSA) is 21.3 Å². The number of hydrogen-bond donors (Lipinski definition) is 1. The number of ether oxygens (including phenoxy) is 1.